The standard InChI is InChI=1S/C12H18FN/c1-4-9(2)8-14-12-6-5-10(3)7-11(12)13/h5-7,9,14H,4,8H2,1-3H3. The molecule has 0 aliphatic rings. The largest absolute Gasteiger partial charge is 0.382 e. The lowest BCUT2D eigenvalue weighted by molar-refractivity contribution is 0.585. The third-order valence-corrected chi connectivity index (χ3v) is 2.46. The van der Waals surface area contributed by atoms with Crippen LogP contribution in [0.2, 0.25) is 0 Å². The Morgan fingerprint density at radius 3 is 2.71 bits per heavy atom. The molecule has 78 valence electrons. The van der Waals surface area contributed by atoms with Crippen molar-refractivity contribution in [1.82, 2.24) is 0 Å². The normalized spacial score (nSPS) is 12.6. The number of hydrogen-bond donors (Lipinski definition) is 1. The molecule has 1 N–H and O–H groups in total. The molecule has 1 nitrogen and oxygen atoms in total. The van der Waals surface area contributed by atoms with E-state index in [2.05, 4.69) is 19.2 Å². The van der Waals surface area contributed by atoms with Gasteiger partial charge in [-0.15, -0.1) is 0 Å². The Balaban J connectivity index is 2.59. The van der Waals surface area contributed by atoms with Crippen molar-refractivity contribution in [3.8, 4) is 0 Å². The number of benzene rings is 1. The molecule has 0 bridgehead atoms. The van der Waals surface area contributed by atoms with E-state index < -0.39 is 0 Å². The van der Waals surface area contributed by atoms with E-state index in [1.807, 2.05) is 13.0 Å². The molecule has 0 fully saturated rings. The summed E-state index contributed by atoms with van der Waals surface area (Å²) in [5.41, 5.74) is 1.56. The molecule has 0 saturated heterocycles. The van der Waals surface area contributed by atoms with Gasteiger partial charge in [0.1, 0.15) is 5.82 Å². The lowest BCUT2D eigenvalue weighted by Crippen LogP contribution is -2.11. The minimum atomic E-state index is -0.159. The summed E-state index contributed by atoms with van der Waals surface area (Å²) in [6.07, 6.45) is 1.11. The Morgan fingerprint density at radius 1 is 1.43 bits per heavy atom. The lowest BCUT2D eigenvalue weighted by atomic mass is 10.1. The fourth-order valence-corrected chi connectivity index (χ4v) is 1.19. The van der Waals surface area contributed by atoms with Crippen LogP contribution in [0.25, 0.3) is 0 Å². The van der Waals surface area contributed by atoms with Gasteiger partial charge in [-0.25, -0.2) is 4.39 Å². The molecule has 1 unspecified atom stereocenters. The summed E-state index contributed by atoms with van der Waals surface area (Å²) in [7, 11) is 0. The van der Waals surface area contributed by atoms with Gasteiger partial charge in [-0.3, -0.25) is 0 Å². The Kier molecular flexibility index (Phi) is 3.93. The topological polar surface area (TPSA) is 12.0 Å². The SMILES string of the molecule is CCC(C)CNc1ccc(C)cc1F. The van der Waals surface area contributed by atoms with Crippen LogP contribution in [-0.4, -0.2) is 6.54 Å². The minimum absolute atomic E-state index is 0.159. The van der Waals surface area contributed by atoms with Crippen LogP contribution in [0, 0.1) is 18.7 Å². The van der Waals surface area contributed by atoms with Crippen LogP contribution in [-0.2, 0) is 0 Å². The molecule has 0 saturated carbocycles. The van der Waals surface area contributed by atoms with Crippen molar-refractivity contribution in [3.05, 3.63) is 29.6 Å². The maximum atomic E-state index is 13.3. The average Bonchev–Trinajstić information content (AvgIpc) is 2.16. The summed E-state index contributed by atoms with van der Waals surface area (Å²) in [6, 6.07) is 5.27. The van der Waals surface area contributed by atoms with Crippen LogP contribution in [0.5, 0.6) is 0 Å². The van der Waals surface area contributed by atoms with E-state index >= 15 is 0 Å². The molecule has 0 heterocycles. The van der Waals surface area contributed by atoms with Gasteiger partial charge in [-0.05, 0) is 30.5 Å². The molecule has 0 aliphatic heterocycles. The van der Waals surface area contributed by atoms with Crippen LogP contribution < -0.4 is 5.32 Å². The fraction of sp³-hybridized carbons (Fsp3) is 0.500. The minimum Gasteiger partial charge on any atom is -0.382 e. The van der Waals surface area contributed by atoms with Crippen molar-refractivity contribution < 1.29 is 4.39 Å². The van der Waals surface area contributed by atoms with Crippen LogP contribution in [0.1, 0.15) is 25.8 Å². The summed E-state index contributed by atoms with van der Waals surface area (Å²) in [5, 5.41) is 3.12. The molecular weight excluding hydrogens is 177 g/mol. The first-order valence-corrected chi connectivity index (χ1v) is 5.13. The highest BCUT2D eigenvalue weighted by Gasteiger charge is 2.03. The van der Waals surface area contributed by atoms with Crippen LogP contribution in [0.3, 0.4) is 0 Å². The molecule has 1 rings (SSSR count). The van der Waals surface area contributed by atoms with E-state index in [0.717, 1.165) is 18.5 Å². The van der Waals surface area contributed by atoms with E-state index in [9.17, 15) is 4.39 Å². The summed E-state index contributed by atoms with van der Waals surface area (Å²) in [6.45, 7) is 7.01. The average molecular weight is 195 g/mol. The maximum absolute atomic E-state index is 13.3. The smallest absolute Gasteiger partial charge is 0.146 e. The lowest BCUT2D eigenvalue weighted by Gasteiger charge is -2.12. The van der Waals surface area contributed by atoms with Crippen LogP contribution in [0.15, 0.2) is 18.2 Å². The summed E-state index contributed by atoms with van der Waals surface area (Å²) in [5.74, 6) is 0.420. The summed E-state index contributed by atoms with van der Waals surface area (Å²) < 4.78 is 13.3. The second-order valence-corrected chi connectivity index (χ2v) is 3.88. The third kappa shape index (κ3) is 3.02. The first-order valence-electron chi connectivity index (χ1n) is 5.13. The third-order valence-electron chi connectivity index (χ3n) is 2.46. The van der Waals surface area contributed by atoms with Crippen LogP contribution >= 0.6 is 0 Å². The van der Waals surface area contributed by atoms with Gasteiger partial charge in [0.05, 0.1) is 5.69 Å². The zero-order chi connectivity index (χ0) is 10.6. The first-order chi connectivity index (χ1) is 6.63. The van der Waals surface area contributed by atoms with E-state index in [1.165, 1.54) is 0 Å². The van der Waals surface area contributed by atoms with Gasteiger partial charge in [-0.2, -0.15) is 0 Å². The molecule has 2 heteroatoms. The van der Waals surface area contributed by atoms with Gasteiger partial charge in [-0.1, -0.05) is 26.3 Å². The molecule has 14 heavy (non-hydrogen) atoms. The highest BCUT2D eigenvalue weighted by atomic mass is 19.1. The molecular formula is C12H18FN. The molecule has 0 spiro atoms. The van der Waals surface area contributed by atoms with Crippen molar-refractivity contribution >= 4 is 5.69 Å². The molecule has 0 aliphatic carbocycles. The number of halogens is 1. The number of aryl methyl sites for hydroxylation is 1. The molecule has 0 aromatic heterocycles. The first kappa shape index (κ1) is 11.0. The summed E-state index contributed by atoms with van der Waals surface area (Å²) >= 11 is 0. The van der Waals surface area contributed by atoms with E-state index in [-0.39, 0.29) is 5.82 Å². The monoisotopic (exact) mass is 195 g/mol. The van der Waals surface area contributed by atoms with Crippen molar-refractivity contribution in [2.75, 3.05) is 11.9 Å². The van der Waals surface area contributed by atoms with Crippen molar-refractivity contribution in [2.24, 2.45) is 5.92 Å². The van der Waals surface area contributed by atoms with Gasteiger partial charge in [0.2, 0.25) is 0 Å². The quantitative estimate of drug-likeness (QED) is 0.774. The number of rotatable bonds is 4. The summed E-state index contributed by atoms with van der Waals surface area (Å²) in [4.78, 5) is 0. The molecule has 0 radical (unpaired) electrons. The number of anilines is 1. The van der Waals surface area contributed by atoms with E-state index in [0.29, 0.717) is 11.6 Å². The second kappa shape index (κ2) is 4.99. The highest BCUT2D eigenvalue weighted by Crippen LogP contribution is 2.15. The van der Waals surface area contributed by atoms with E-state index in [1.54, 1.807) is 12.1 Å². The number of hydrogen-bond acceptors (Lipinski definition) is 1. The Bertz CT molecular complexity index is 296. The van der Waals surface area contributed by atoms with E-state index in [4.69, 9.17) is 0 Å². The predicted octanol–water partition coefficient (Wildman–Crippen LogP) is 3.59. The number of nitrogens with one attached hydrogen (secondary N) is 1. The van der Waals surface area contributed by atoms with Gasteiger partial charge in [0.15, 0.2) is 0 Å². The Morgan fingerprint density at radius 2 is 2.14 bits per heavy atom. The molecule has 0 amide bonds. The fourth-order valence-electron chi connectivity index (χ4n) is 1.19. The molecule has 1 aromatic rings. The maximum Gasteiger partial charge on any atom is 0.146 e. The molecule has 1 aromatic carbocycles. The van der Waals surface area contributed by atoms with Gasteiger partial charge < -0.3 is 5.32 Å². The van der Waals surface area contributed by atoms with Gasteiger partial charge in [0, 0.05) is 6.54 Å². The van der Waals surface area contributed by atoms with Crippen LogP contribution in [0.4, 0.5) is 10.1 Å². The second-order valence-electron chi connectivity index (χ2n) is 3.88. The highest BCUT2D eigenvalue weighted by molar-refractivity contribution is 5.46. The van der Waals surface area contributed by atoms with Crippen molar-refractivity contribution in [2.45, 2.75) is 27.2 Å². The van der Waals surface area contributed by atoms with Gasteiger partial charge in [0.25, 0.3) is 0 Å². The molecule has 1 atom stereocenters. The van der Waals surface area contributed by atoms with Crippen molar-refractivity contribution in [1.29, 1.82) is 0 Å². The zero-order valence-corrected chi connectivity index (χ0v) is 9.10. The van der Waals surface area contributed by atoms with Gasteiger partial charge >= 0.3 is 0 Å². The van der Waals surface area contributed by atoms with Crippen molar-refractivity contribution in [3.63, 3.8) is 0 Å². The Hall–Kier alpha value is -1.05. The Labute approximate surface area is 85.3 Å². The predicted molar refractivity (Wildman–Crippen MR) is 59.1 cm³/mol. The zero-order valence-electron chi connectivity index (χ0n) is 9.10.